The molecule has 0 heterocycles. The molecule has 0 atom stereocenters. The summed E-state index contributed by atoms with van der Waals surface area (Å²) in [5, 5.41) is 7.23. The van der Waals surface area contributed by atoms with Gasteiger partial charge in [-0.2, -0.15) is 5.26 Å². The van der Waals surface area contributed by atoms with Crippen LogP contribution < -0.4 is 0 Å². The van der Waals surface area contributed by atoms with Crippen molar-refractivity contribution in [1.82, 2.24) is 0 Å². The van der Waals surface area contributed by atoms with Crippen LogP contribution in [0.5, 0.6) is 0 Å². The van der Waals surface area contributed by atoms with E-state index in [1.807, 2.05) is 0 Å². The Labute approximate surface area is 81.5 Å². The van der Waals surface area contributed by atoms with Gasteiger partial charge < -0.3 is 0 Å². The van der Waals surface area contributed by atoms with Crippen molar-refractivity contribution in [3.8, 4) is 6.07 Å². The van der Waals surface area contributed by atoms with Crippen LogP contribution >= 0.6 is 11.6 Å². The molecular formula is C8H2ClF4N. The molecule has 0 spiro atoms. The minimum absolute atomic E-state index is 1.03. The number of benzene rings is 1. The lowest BCUT2D eigenvalue weighted by Crippen LogP contribution is -2.02. The summed E-state index contributed by atoms with van der Waals surface area (Å²) in [6.45, 7) is -1.49. The Hall–Kier alpha value is -1.28. The molecule has 0 radical (unpaired) electrons. The molecular weight excluding hydrogens is 222 g/mol. The molecule has 0 aromatic heterocycles. The molecule has 0 aliphatic carbocycles. The van der Waals surface area contributed by atoms with E-state index >= 15 is 0 Å². The van der Waals surface area contributed by atoms with E-state index in [0.29, 0.717) is 0 Å². The van der Waals surface area contributed by atoms with Gasteiger partial charge >= 0.3 is 0 Å². The molecule has 0 aliphatic rings. The summed E-state index contributed by atoms with van der Waals surface area (Å²) >= 11 is 5.08. The normalized spacial score (nSPS) is 10.0. The molecule has 74 valence electrons. The smallest absolute Gasteiger partial charge is 0.165 e. The molecule has 0 fully saturated rings. The van der Waals surface area contributed by atoms with Crippen molar-refractivity contribution in [1.29, 1.82) is 5.26 Å². The third-order valence-corrected chi connectivity index (χ3v) is 1.93. The highest BCUT2D eigenvalue weighted by Crippen LogP contribution is 2.28. The summed E-state index contributed by atoms with van der Waals surface area (Å²) in [5.41, 5.74) is -2.11. The number of nitrogens with zero attached hydrogens (tertiary/aromatic N) is 1. The highest BCUT2D eigenvalue weighted by molar-refractivity contribution is 6.31. The van der Waals surface area contributed by atoms with Crippen LogP contribution in [0, 0.1) is 28.8 Å². The predicted molar refractivity (Wildman–Crippen MR) is 40.9 cm³/mol. The molecule has 0 aliphatic heterocycles. The van der Waals surface area contributed by atoms with Gasteiger partial charge in [-0.05, 0) is 0 Å². The highest BCUT2D eigenvalue weighted by atomic mass is 35.5. The van der Waals surface area contributed by atoms with Crippen molar-refractivity contribution in [2.45, 2.75) is 6.67 Å². The lowest BCUT2D eigenvalue weighted by Gasteiger charge is -2.05. The summed E-state index contributed by atoms with van der Waals surface area (Å²) in [7, 11) is 0. The molecule has 0 bridgehead atoms. The maximum Gasteiger partial charge on any atom is 0.165 e. The number of nitriles is 1. The van der Waals surface area contributed by atoms with Gasteiger partial charge in [0.05, 0.1) is 5.56 Å². The van der Waals surface area contributed by atoms with Crippen molar-refractivity contribution in [2.75, 3.05) is 0 Å². The minimum Gasteiger partial charge on any atom is -0.246 e. The predicted octanol–water partition coefficient (Wildman–Crippen LogP) is 3.10. The molecule has 0 amide bonds. The molecule has 6 heteroatoms. The molecule has 1 aromatic rings. The summed E-state index contributed by atoms with van der Waals surface area (Å²) in [6.07, 6.45) is 0. The van der Waals surface area contributed by atoms with E-state index in [1.54, 1.807) is 0 Å². The van der Waals surface area contributed by atoms with E-state index in [4.69, 9.17) is 16.9 Å². The lowest BCUT2D eigenvalue weighted by atomic mass is 10.1. The van der Waals surface area contributed by atoms with Crippen molar-refractivity contribution in [3.05, 3.63) is 33.6 Å². The fourth-order valence-electron chi connectivity index (χ4n) is 0.898. The highest BCUT2D eigenvalue weighted by Gasteiger charge is 2.23. The van der Waals surface area contributed by atoms with Gasteiger partial charge in [0.15, 0.2) is 17.5 Å². The van der Waals surface area contributed by atoms with E-state index in [-0.39, 0.29) is 0 Å². The Morgan fingerprint density at radius 1 is 1.14 bits per heavy atom. The van der Waals surface area contributed by atoms with Crippen LogP contribution in [0.25, 0.3) is 0 Å². The zero-order valence-corrected chi connectivity index (χ0v) is 7.30. The second kappa shape index (κ2) is 3.84. The van der Waals surface area contributed by atoms with Crippen LogP contribution in [-0.2, 0) is 6.67 Å². The van der Waals surface area contributed by atoms with Crippen LogP contribution in [0.3, 0.4) is 0 Å². The summed E-state index contributed by atoms with van der Waals surface area (Å²) in [5.74, 6) is -4.57. The van der Waals surface area contributed by atoms with Gasteiger partial charge in [-0.25, -0.2) is 17.6 Å². The molecule has 14 heavy (non-hydrogen) atoms. The fraction of sp³-hybridized carbons (Fsp3) is 0.125. The number of hydrogen-bond acceptors (Lipinski definition) is 1. The Kier molecular flexibility index (Phi) is 2.96. The van der Waals surface area contributed by atoms with E-state index in [2.05, 4.69) is 0 Å². The average molecular weight is 224 g/mol. The molecule has 0 saturated carbocycles. The van der Waals surface area contributed by atoms with Gasteiger partial charge in [-0.1, -0.05) is 11.6 Å². The third kappa shape index (κ3) is 1.42. The number of halogens is 5. The van der Waals surface area contributed by atoms with Crippen LogP contribution in [0.15, 0.2) is 0 Å². The number of hydrogen-bond donors (Lipinski definition) is 0. The molecule has 0 N–H and O–H groups in total. The zero-order valence-electron chi connectivity index (χ0n) is 6.54. The van der Waals surface area contributed by atoms with Gasteiger partial charge in [0, 0.05) is 0 Å². The van der Waals surface area contributed by atoms with Gasteiger partial charge in [0.25, 0.3) is 0 Å². The monoisotopic (exact) mass is 223 g/mol. The first-order valence-corrected chi connectivity index (χ1v) is 3.73. The first-order chi connectivity index (χ1) is 6.54. The van der Waals surface area contributed by atoms with E-state index < -0.39 is 40.3 Å². The van der Waals surface area contributed by atoms with Gasteiger partial charge in [0.1, 0.15) is 23.3 Å². The average Bonchev–Trinajstić information content (AvgIpc) is 2.16. The topological polar surface area (TPSA) is 23.8 Å². The Bertz CT molecular complexity index is 422. The van der Waals surface area contributed by atoms with Crippen LogP contribution in [0.2, 0.25) is 5.02 Å². The fourth-order valence-corrected chi connectivity index (χ4v) is 1.11. The maximum absolute atomic E-state index is 13.0. The summed E-state index contributed by atoms with van der Waals surface area (Å²) < 4.78 is 50.8. The third-order valence-electron chi connectivity index (χ3n) is 1.60. The lowest BCUT2D eigenvalue weighted by molar-refractivity contribution is 0.433. The van der Waals surface area contributed by atoms with E-state index in [1.165, 1.54) is 0 Å². The quantitative estimate of drug-likeness (QED) is 0.408. The second-order valence-electron chi connectivity index (χ2n) is 2.35. The minimum atomic E-state index is -1.55. The Morgan fingerprint density at radius 3 is 2.14 bits per heavy atom. The first-order valence-electron chi connectivity index (χ1n) is 3.35. The molecule has 0 saturated heterocycles. The largest absolute Gasteiger partial charge is 0.246 e. The standard InChI is InChI=1S/C8H2ClF4N/c9-5-7(12)3(1-10)6(11)4(2-14)8(5)13/h1H2. The van der Waals surface area contributed by atoms with Crippen LogP contribution in [0.1, 0.15) is 11.1 Å². The molecule has 0 unspecified atom stereocenters. The van der Waals surface area contributed by atoms with Gasteiger partial charge in [0.2, 0.25) is 0 Å². The molecule has 1 nitrogen and oxygen atoms in total. The van der Waals surface area contributed by atoms with Crippen molar-refractivity contribution in [2.24, 2.45) is 0 Å². The van der Waals surface area contributed by atoms with Gasteiger partial charge in [-0.3, -0.25) is 0 Å². The Balaban J connectivity index is 3.67. The van der Waals surface area contributed by atoms with Crippen LogP contribution in [0.4, 0.5) is 17.6 Å². The Morgan fingerprint density at radius 2 is 1.71 bits per heavy atom. The van der Waals surface area contributed by atoms with Crippen molar-refractivity contribution < 1.29 is 17.6 Å². The number of rotatable bonds is 1. The number of alkyl halides is 1. The molecule has 1 rings (SSSR count). The van der Waals surface area contributed by atoms with E-state index in [9.17, 15) is 17.6 Å². The van der Waals surface area contributed by atoms with Crippen LogP contribution in [-0.4, -0.2) is 0 Å². The van der Waals surface area contributed by atoms with Crippen molar-refractivity contribution >= 4 is 11.6 Å². The SMILES string of the molecule is N#Cc1c(F)c(Cl)c(F)c(CF)c1F. The van der Waals surface area contributed by atoms with E-state index in [0.717, 1.165) is 6.07 Å². The first kappa shape index (κ1) is 10.8. The molecule has 1 aromatic carbocycles. The van der Waals surface area contributed by atoms with Gasteiger partial charge in [-0.15, -0.1) is 0 Å². The summed E-state index contributed by atoms with van der Waals surface area (Å²) in [6, 6.07) is 1.14. The van der Waals surface area contributed by atoms with Crippen molar-refractivity contribution in [3.63, 3.8) is 0 Å². The zero-order chi connectivity index (χ0) is 10.9. The summed E-state index contributed by atoms with van der Waals surface area (Å²) in [4.78, 5) is 0. The maximum atomic E-state index is 13.0. The second-order valence-corrected chi connectivity index (χ2v) is 2.73.